The van der Waals surface area contributed by atoms with Crippen molar-refractivity contribution >= 4 is 42.5 Å². The number of phosphoric acid groups is 1. The quantitative estimate of drug-likeness (QED) is 0.271. The van der Waals surface area contributed by atoms with Crippen molar-refractivity contribution in [3.05, 3.63) is 0 Å². The van der Waals surface area contributed by atoms with Crippen LogP contribution in [0, 0.1) is 0 Å². The molecule has 0 rings (SSSR count). The van der Waals surface area contributed by atoms with Crippen LogP contribution in [0.4, 0.5) is 0 Å². The van der Waals surface area contributed by atoms with Crippen molar-refractivity contribution in [2.24, 2.45) is 0 Å². The van der Waals surface area contributed by atoms with E-state index in [2.05, 4.69) is 0 Å². The van der Waals surface area contributed by atoms with Gasteiger partial charge in [-0.25, -0.2) is 0 Å². The molecule has 40 valence electrons. The monoisotopic (exact) mass is 165 g/mol. The summed E-state index contributed by atoms with van der Waals surface area (Å²) in [5.41, 5.74) is 0. The maximum Gasteiger partial charge on any atom is 3.00 e. The van der Waals surface area contributed by atoms with Crippen molar-refractivity contribution in [2.75, 3.05) is 0 Å². The minimum Gasteiger partial charge on any atom is -2.00 e. The molecule has 0 bridgehead atoms. The zero-order valence-electron chi connectivity index (χ0n) is 3.64. The third-order valence-corrected chi connectivity index (χ3v) is 0. The van der Waals surface area contributed by atoms with Crippen LogP contribution in [0.5, 0.6) is 0 Å². The molecule has 0 unspecified atom stereocenters. The van der Waals surface area contributed by atoms with E-state index in [9.17, 15) is 0 Å². The molecular formula is Al2O5P+. The van der Waals surface area contributed by atoms with E-state index in [1.807, 2.05) is 0 Å². The Bertz CT molecular complexity index is 56.6. The summed E-state index contributed by atoms with van der Waals surface area (Å²) in [6, 6.07) is 0. The van der Waals surface area contributed by atoms with E-state index < -0.39 is 7.82 Å². The van der Waals surface area contributed by atoms with Crippen molar-refractivity contribution in [1.29, 1.82) is 0 Å². The molecule has 0 atom stereocenters. The van der Waals surface area contributed by atoms with Crippen molar-refractivity contribution in [1.82, 2.24) is 0 Å². The second-order valence-electron chi connectivity index (χ2n) is 0.447. The van der Waals surface area contributed by atoms with Crippen molar-refractivity contribution in [3.63, 3.8) is 0 Å². The molecule has 0 heterocycles. The van der Waals surface area contributed by atoms with Crippen LogP contribution in [0.1, 0.15) is 0 Å². The predicted molar refractivity (Wildman–Crippen MR) is 19.8 cm³/mol. The van der Waals surface area contributed by atoms with E-state index >= 15 is 0 Å². The number of rotatable bonds is 0. The van der Waals surface area contributed by atoms with Crippen LogP contribution < -0.4 is 14.7 Å². The van der Waals surface area contributed by atoms with Gasteiger partial charge in [0.2, 0.25) is 0 Å². The molecule has 8 heteroatoms. The molecule has 0 aromatic heterocycles. The summed E-state index contributed by atoms with van der Waals surface area (Å²) in [6.45, 7) is 0. The van der Waals surface area contributed by atoms with E-state index in [0.29, 0.717) is 0 Å². The van der Waals surface area contributed by atoms with Crippen molar-refractivity contribution < 1.29 is 24.7 Å². The van der Waals surface area contributed by atoms with Crippen molar-refractivity contribution in [2.45, 2.75) is 0 Å². The second-order valence-corrected chi connectivity index (χ2v) is 1.34. The largest absolute Gasteiger partial charge is 3.00 e. The topological polar surface area (TPSA) is 115 Å². The number of hydrogen-bond acceptors (Lipinski definition) is 4. The Morgan fingerprint density at radius 1 is 1.00 bits per heavy atom. The van der Waals surface area contributed by atoms with Gasteiger partial charge in [-0.15, -0.1) is 0 Å². The Kier molecular flexibility index (Phi) is 23.3. The molecule has 0 aliphatic carbocycles. The summed E-state index contributed by atoms with van der Waals surface area (Å²) < 4.78 is 8.55. The minimum absolute atomic E-state index is 0. The molecule has 0 aliphatic heterocycles. The fourth-order valence-corrected chi connectivity index (χ4v) is 0. The molecule has 0 amide bonds. The first kappa shape index (κ1) is 22.9. The number of hydrogen-bond donors (Lipinski definition) is 0. The summed E-state index contributed by atoms with van der Waals surface area (Å²) in [4.78, 5) is 25.6. The first-order chi connectivity index (χ1) is 2.00. The summed E-state index contributed by atoms with van der Waals surface area (Å²) >= 11 is 0. The smallest absolute Gasteiger partial charge is 2.00 e. The van der Waals surface area contributed by atoms with Gasteiger partial charge in [0.15, 0.2) is 0 Å². The summed E-state index contributed by atoms with van der Waals surface area (Å²) in [7, 11) is -5.39. The van der Waals surface area contributed by atoms with E-state index in [1.165, 1.54) is 0 Å². The average molecular weight is 165 g/mol. The van der Waals surface area contributed by atoms with Crippen LogP contribution in [0.25, 0.3) is 0 Å². The van der Waals surface area contributed by atoms with Gasteiger partial charge in [-0.2, -0.15) is 7.82 Å². The molecule has 0 saturated heterocycles. The molecule has 0 aliphatic rings. The summed E-state index contributed by atoms with van der Waals surface area (Å²) in [6.07, 6.45) is 0. The molecule has 0 saturated carbocycles. The van der Waals surface area contributed by atoms with Crippen LogP contribution in [0.2, 0.25) is 0 Å². The SMILES string of the molecule is O=P([O-])([O-])[O-].[Al+3].[Al+3].[O-2]. The Balaban J connectivity index is -0.0000000267. The molecule has 8 heavy (non-hydrogen) atoms. The summed E-state index contributed by atoms with van der Waals surface area (Å²) in [5.74, 6) is 0. The van der Waals surface area contributed by atoms with Crippen LogP contribution in [0.15, 0.2) is 0 Å². The van der Waals surface area contributed by atoms with Gasteiger partial charge in [-0.05, 0) is 0 Å². The first-order valence-corrected chi connectivity index (χ1v) is 2.19. The normalized spacial score (nSPS) is 7.38. The van der Waals surface area contributed by atoms with E-state index in [4.69, 9.17) is 19.2 Å². The molecule has 0 aromatic carbocycles. The summed E-state index contributed by atoms with van der Waals surface area (Å²) in [5, 5.41) is 0. The molecule has 0 spiro atoms. The van der Waals surface area contributed by atoms with E-state index in [-0.39, 0.29) is 40.2 Å². The predicted octanol–water partition coefficient (Wildman–Crippen LogP) is -3.70. The van der Waals surface area contributed by atoms with Gasteiger partial charge < -0.3 is 24.7 Å². The van der Waals surface area contributed by atoms with Gasteiger partial charge in [-0.1, -0.05) is 0 Å². The Morgan fingerprint density at radius 2 is 1.00 bits per heavy atom. The van der Waals surface area contributed by atoms with Gasteiger partial charge in [-0.3, -0.25) is 0 Å². The second kappa shape index (κ2) is 8.13. The molecule has 0 N–H and O–H groups in total. The van der Waals surface area contributed by atoms with Crippen LogP contribution in [0.3, 0.4) is 0 Å². The van der Waals surface area contributed by atoms with E-state index in [1.54, 1.807) is 0 Å². The van der Waals surface area contributed by atoms with Gasteiger partial charge >= 0.3 is 34.7 Å². The Labute approximate surface area is 67.5 Å². The molecular weight excluding hydrogens is 165 g/mol. The zero-order valence-corrected chi connectivity index (χ0v) is 6.85. The Hall–Kier alpha value is 1.13. The molecule has 0 fully saturated rings. The van der Waals surface area contributed by atoms with Crippen LogP contribution in [-0.2, 0) is 10.0 Å². The Morgan fingerprint density at radius 3 is 1.00 bits per heavy atom. The zero-order chi connectivity index (χ0) is 4.50. The van der Waals surface area contributed by atoms with Gasteiger partial charge in [0.05, 0.1) is 0 Å². The standard InChI is InChI=1S/2Al.H3O4P.O/c;;1-5(2,3)4;/h;;(H3,1,2,3,4);/q2*+3;;-2/p-3. The fourth-order valence-electron chi connectivity index (χ4n) is 0. The van der Waals surface area contributed by atoms with Crippen LogP contribution >= 0.6 is 7.82 Å². The van der Waals surface area contributed by atoms with Crippen molar-refractivity contribution in [3.8, 4) is 0 Å². The molecule has 5 nitrogen and oxygen atoms in total. The molecule has 0 aromatic rings. The van der Waals surface area contributed by atoms with Gasteiger partial charge in [0.1, 0.15) is 0 Å². The first-order valence-electron chi connectivity index (χ1n) is 0.730. The van der Waals surface area contributed by atoms with E-state index in [0.717, 1.165) is 0 Å². The van der Waals surface area contributed by atoms with Crippen LogP contribution in [-0.4, -0.2) is 34.7 Å². The third-order valence-electron chi connectivity index (χ3n) is 0. The van der Waals surface area contributed by atoms with Gasteiger partial charge in [0.25, 0.3) is 0 Å². The third kappa shape index (κ3) is 208. The maximum absolute atomic E-state index is 8.55. The fraction of sp³-hybridized carbons (Fsp3) is 0. The van der Waals surface area contributed by atoms with Gasteiger partial charge in [0, 0.05) is 0 Å². The minimum atomic E-state index is -5.39. The average Bonchev–Trinajstić information content (AvgIpc) is 0.722. The maximum atomic E-state index is 8.55. The molecule has 0 radical (unpaired) electrons.